The number of aliphatic hydroxyl groups is 2. The molecule has 2 rings (SSSR count). The van der Waals surface area contributed by atoms with Gasteiger partial charge in [-0.2, -0.15) is 0 Å². The van der Waals surface area contributed by atoms with Gasteiger partial charge in [-0.15, -0.1) is 0 Å². The number of hydrogen-bond acceptors (Lipinski definition) is 5. The molecular weight excluding hydrogens is 262 g/mol. The summed E-state index contributed by atoms with van der Waals surface area (Å²) in [5.74, 6) is -0.399. The number of ether oxygens (including phenoxy) is 1. The second-order valence-corrected chi connectivity index (χ2v) is 5.09. The molecule has 1 saturated heterocycles. The van der Waals surface area contributed by atoms with Crippen molar-refractivity contribution < 1.29 is 24.9 Å². The van der Waals surface area contributed by atoms with E-state index in [2.05, 4.69) is 5.32 Å². The molecule has 20 heavy (non-hydrogen) atoms. The van der Waals surface area contributed by atoms with Crippen molar-refractivity contribution in [2.75, 3.05) is 13.7 Å². The number of carboxylic acids is 1. The van der Waals surface area contributed by atoms with Gasteiger partial charge in [0.2, 0.25) is 0 Å². The van der Waals surface area contributed by atoms with Crippen LogP contribution in [0.2, 0.25) is 0 Å². The standard InChI is InChI=1S/C14H19NO5/c1-20-10-4-2-9(3-5-10)6-11-14(19,7-13(17)18)12(16)8-15-11/h2-5,11-12,15-16,19H,6-8H2,1H3,(H,17,18). The lowest BCUT2D eigenvalue weighted by molar-refractivity contribution is -0.147. The van der Waals surface area contributed by atoms with Crippen molar-refractivity contribution in [1.82, 2.24) is 5.32 Å². The fourth-order valence-electron chi connectivity index (χ4n) is 2.57. The lowest BCUT2D eigenvalue weighted by atomic mass is 9.85. The molecule has 3 unspecified atom stereocenters. The number of methoxy groups -OCH3 is 1. The summed E-state index contributed by atoms with van der Waals surface area (Å²) in [6.07, 6.45) is -1.13. The van der Waals surface area contributed by atoms with E-state index in [1.54, 1.807) is 19.2 Å². The Balaban J connectivity index is 2.12. The van der Waals surface area contributed by atoms with Crippen LogP contribution in [0.4, 0.5) is 0 Å². The van der Waals surface area contributed by atoms with Crippen molar-refractivity contribution in [2.45, 2.75) is 30.6 Å². The highest BCUT2D eigenvalue weighted by Crippen LogP contribution is 2.28. The zero-order valence-corrected chi connectivity index (χ0v) is 11.2. The van der Waals surface area contributed by atoms with Crippen LogP contribution in [-0.4, -0.2) is 52.7 Å². The lowest BCUT2D eigenvalue weighted by Crippen LogP contribution is -2.51. The Morgan fingerprint density at radius 3 is 2.65 bits per heavy atom. The van der Waals surface area contributed by atoms with Crippen molar-refractivity contribution in [3.63, 3.8) is 0 Å². The van der Waals surface area contributed by atoms with Gasteiger partial charge in [0, 0.05) is 12.6 Å². The number of aliphatic hydroxyl groups excluding tert-OH is 1. The first kappa shape index (κ1) is 14.8. The molecule has 1 aliphatic rings. The van der Waals surface area contributed by atoms with Crippen LogP contribution in [0, 0.1) is 0 Å². The van der Waals surface area contributed by atoms with Crippen LogP contribution in [0.5, 0.6) is 5.75 Å². The summed E-state index contributed by atoms with van der Waals surface area (Å²) in [5.41, 5.74) is -0.715. The molecule has 0 amide bonds. The Kier molecular flexibility index (Phi) is 4.27. The number of benzene rings is 1. The Morgan fingerprint density at radius 1 is 1.45 bits per heavy atom. The fraction of sp³-hybridized carbons (Fsp3) is 0.500. The predicted octanol–water partition coefficient (Wildman–Crippen LogP) is -0.224. The van der Waals surface area contributed by atoms with Gasteiger partial charge >= 0.3 is 5.97 Å². The van der Waals surface area contributed by atoms with Crippen LogP contribution in [0.1, 0.15) is 12.0 Å². The van der Waals surface area contributed by atoms with E-state index in [4.69, 9.17) is 9.84 Å². The van der Waals surface area contributed by atoms with E-state index in [1.165, 1.54) is 0 Å². The van der Waals surface area contributed by atoms with Gasteiger partial charge in [-0.1, -0.05) is 12.1 Å². The van der Waals surface area contributed by atoms with Gasteiger partial charge in [0.05, 0.1) is 19.6 Å². The molecule has 0 aromatic heterocycles. The summed E-state index contributed by atoms with van der Waals surface area (Å²) in [6.45, 7) is 0.185. The minimum absolute atomic E-state index is 0.185. The summed E-state index contributed by atoms with van der Waals surface area (Å²) in [4.78, 5) is 10.9. The van der Waals surface area contributed by atoms with E-state index in [0.717, 1.165) is 11.3 Å². The van der Waals surface area contributed by atoms with Gasteiger partial charge in [-0.3, -0.25) is 4.79 Å². The molecule has 6 nitrogen and oxygen atoms in total. The van der Waals surface area contributed by atoms with Crippen LogP contribution in [-0.2, 0) is 11.2 Å². The highest BCUT2D eigenvalue weighted by atomic mass is 16.5. The molecule has 1 aliphatic heterocycles. The number of hydrogen-bond donors (Lipinski definition) is 4. The first-order chi connectivity index (χ1) is 9.45. The first-order valence-corrected chi connectivity index (χ1v) is 6.44. The number of aliphatic carboxylic acids is 1. The summed E-state index contributed by atoms with van der Waals surface area (Å²) in [5, 5.41) is 32.1. The third-order valence-electron chi connectivity index (χ3n) is 3.77. The van der Waals surface area contributed by atoms with Crippen molar-refractivity contribution in [3.05, 3.63) is 29.8 Å². The van der Waals surface area contributed by atoms with Crippen molar-refractivity contribution >= 4 is 5.97 Å². The van der Waals surface area contributed by atoms with E-state index in [1.807, 2.05) is 12.1 Å². The Hall–Kier alpha value is -1.63. The SMILES string of the molecule is COc1ccc(CC2NCC(O)C2(O)CC(=O)O)cc1. The summed E-state index contributed by atoms with van der Waals surface area (Å²) >= 11 is 0. The molecule has 1 heterocycles. The Morgan fingerprint density at radius 2 is 2.10 bits per heavy atom. The zero-order valence-electron chi connectivity index (χ0n) is 11.2. The van der Waals surface area contributed by atoms with Crippen LogP contribution >= 0.6 is 0 Å². The number of β-amino-alcohol motifs (C(OH)–C–C–N with tert-alkyl or cyclic N) is 1. The quantitative estimate of drug-likeness (QED) is 0.595. The van der Waals surface area contributed by atoms with Crippen molar-refractivity contribution in [1.29, 1.82) is 0 Å². The third-order valence-corrected chi connectivity index (χ3v) is 3.77. The predicted molar refractivity (Wildman–Crippen MR) is 71.7 cm³/mol. The largest absolute Gasteiger partial charge is 0.497 e. The number of carbonyl (C=O) groups is 1. The average Bonchev–Trinajstić information content (AvgIpc) is 2.67. The molecule has 1 fully saturated rings. The molecule has 0 radical (unpaired) electrons. The molecule has 4 N–H and O–H groups in total. The van der Waals surface area contributed by atoms with Crippen LogP contribution in [0.25, 0.3) is 0 Å². The molecule has 3 atom stereocenters. The van der Waals surface area contributed by atoms with E-state index in [9.17, 15) is 15.0 Å². The van der Waals surface area contributed by atoms with Gasteiger partial charge in [0.1, 0.15) is 11.4 Å². The summed E-state index contributed by atoms with van der Waals surface area (Å²) in [7, 11) is 1.58. The molecular formula is C14H19NO5. The second kappa shape index (κ2) is 5.78. The van der Waals surface area contributed by atoms with E-state index < -0.39 is 30.1 Å². The maximum absolute atomic E-state index is 10.9. The average molecular weight is 281 g/mol. The van der Waals surface area contributed by atoms with Gasteiger partial charge in [0.15, 0.2) is 0 Å². The van der Waals surface area contributed by atoms with Crippen LogP contribution < -0.4 is 10.1 Å². The maximum atomic E-state index is 10.9. The minimum atomic E-state index is -1.65. The van der Waals surface area contributed by atoms with Crippen molar-refractivity contribution in [2.24, 2.45) is 0 Å². The second-order valence-electron chi connectivity index (χ2n) is 5.09. The smallest absolute Gasteiger partial charge is 0.306 e. The maximum Gasteiger partial charge on any atom is 0.306 e. The molecule has 0 saturated carbocycles. The monoisotopic (exact) mass is 281 g/mol. The fourth-order valence-corrected chi connectivity index (χ4v) is 2.57. The molecule has 1 aromatic carbocycles. The summed E-state index contributed by atoms with van der Waals surface area (Å²) < 4.78 is 5.07. The molecule has 0 spiro atoms. The van der Waals surface area contributed by atoms with Gasteiger partial charge in [0.25, 0.3) is 0 Å². The topological polar surface area (TPSA) is 99.0 Å². The van der Waals surface area contributed by atoms with E-state index in [-0.39, 0.29) is 6.54 Å². The van der Waals surface area contributed by atoms with E-state index in [0.29, 0.717) is 6.42 Å². The van der Waals surface area contributed by atoms with Crippen LogP contribution in [0.15, 0.2) is 24.3 Å². The van der Waals surface area contributed by atoms with Crippen molar-refractivity contribution in [3.8, 4) is 5.75 Å². The highest BCUT2D eigenvalue weighted by Gasteiger charge is 2.49. The number of rotatable bonds is 5. The highest BCUT2D eigenvalue weighted by molar-refractivity contribution is 5.68. The number of carboxylic acid groups (broad SMARTS) is 1. The Bertz CT molecular complexity index is 475. The summed E-state index contributed by atoms with van der Waals surface area (Å²) in [6, 6.07) is 6.81. The molecule has 0 bridgehead atoms. The molecule has 0 aliphatic carbocycles. The van der Waals surface area contributed by atoms with Gasteiger partial charge in [-0.05, 0) is 24.1 Å². The molecule has 1 aromatic rings. The third kappa shape index (κ3) is 2.92. The number of nitrogens with one attached hydrogen (secondary N) is 1. The zero-order chi connectivity index (χ0) is 14.8. The van der Waals surface area contributed by atoms with Gasteiger partial charge in [-0.25, -0.2) is 0 Å². The molecule has 110 valence electrons. The Labute approximate surface area is 117 Å². The lowest BCUT2D eigenvalue weighted by Gasteiger charge is -2.30. The molecule has 6 heteroatoms. The van der Waals surface area contributed by atoms with E-state index >= 15 is 0 Å². The minimum Gasteiger partial charge on any atom is -0.497 e. The van der Waals surface area contributed by atoms with Gasteiger partial charge < -0.3 is 25.4 Å². The normalized spacial score (nSPS) is 29.4. The van der Waals surface area contributed by atoms with Crippen LogP contribution in [0.3, 0.4) is 0 Å². The first-order valence-electron chi connectivity index (χ1n) is 6.44.